The molecule has 1 fully saturated rings. The van der Waals surface area contributed by atoms with Crippen LogP contribution in [0.4, 0.5) is 0 Å². The van der Waals surface area contributed by atoms with Crippen LogP contribution in [0.25, 0.3) is 11.3 Å². The number of H-pyrrole nitrogens is 1. The number of piperidine rings is 1. The van der Waals surface area contributed by atoms with Gasteiger partial charge in [-0.05, 0) is 61.5 Å². The third-order valence-electron chi connectivity index (χ3n) is 6.30. The number of ether oxygens (including phenoxy) is 2. The van der Waals surface area contributed by atoms with Gasteiger partial charge in [-0.2, -0.15) is 5.10 Å². The molecule has 7 nitrogen and oxygen atoms in total. The van der Waals surface area contributed by atoms with E-state index in [9.17, 15) is 4.79 Å². The van der Waals surface area contributed by atoms with Gasteiger partial charge in [-0.15, -0.1) is 11.3 Å². The van der Waals surface area contributed by atoms with Crippen molar-refractivity contribution in [1.29, 1.82) is 0 Å². The molecule has 1 saturated heterocycles. The summed E-state index contributed by atoms with van der Waals surface area (Å²) in [5.74, 6) is 2.05. The van der Waals surface area contributed by atoms with Gasteiger partial charge in [0, 0.05) is 17.0 Å². The fraction of sp³-hybridized carbons (Fsp3) is 0.417. The number of rotatable bonds is 6. The van der Waals surface area contributed by atoms with Gasteiger partial charge in [0.05, 0.1) is 23.5 Å². The van der Waals surface area contributed by atoms with Crippen molar-refractivity contribution < 1.29 is 14.3 Å². The molecule has 1 atom stereocenters. The highest BCUT2D eigenvalue weighted by Gasteiger charge is 2.26. The van der Waals surface area contributed by atoms with E-state index in [-0.39, 0.29) is 11.9 Å². The summed E-state index contributed by atoms with van der Waals surface area (Å²) in [7, 11) is 0. The minimum absolute atomic E-state index is 0.129. The molecule has 1 unspecified atom stereocenters. The number of fused-ring (bicyclic) bond motifs is 1. The van der Waals surface area contributed by atoms with Crippen LogP contribution in [0.5, 0.6) is 11.5 Å². The summed E-state index contributed by atoms with van der Waals surface area (Å²) in [5.41, 5.74) is 2.05. The first-order valence-corrected chi connectivity index (χ1v) is 12.1. The van der Waals surface area contributed by atoms with E-state index in [0.717, 1.165) is 30.3 Å². The molecule has 3 aromatic rings. The maximum Gasteiger partial charge on any atom is 0.255 e. The van der Waals surface area contributed by atoms with Crippen molar-refractivity contribution >= 4 is 17.2 Å². The van der Waals surface area contributed by atoms with E-state index < -0.39 is 0 Å². The SMILES string of the molecule is CC1CCN(C(CNC(=O)c2cn[nH]c2-c2ccc3c(c2)OCCO3)c2cccs2)CC1. The first kappa shape index (κ1) is 21.0. The highest BCUT2D eigenvalue weighted by molar-refractivity contribution is 7.10. The van der Waals surface area contributed by atoms with Crippen LogP contribution in [0.2, 0.25) is 0 Å². The van der Waals surface area contributed by atoms with Crippen molar-refractivity contribution in [3.05, 3.63) is 52.3 Å². The molecule has 2 N–H and O–H groups in total. The number of carbonyl (C=O) groups is 1. The molecule has 1 aromatic carbocycles. The van der Waals surface area contributed by atoms with Crippen molar-refractivity contribution in [2.45, 2.75) is 25.8 Å². The van der Waals surface area contributed by atoms with Crippen molar-refractivity contribution in [3.8, 4) is 22.8 Å². The molecule has 0 spiro atoms. The van der Waals surface area contributed by atoms with Gasteiger partial charge in [0.25, 0.3) is 5.91 Å². The number of likely N-dealkylation sites (tertiary alicyclic amines) is 1. The standard InChI is InChI=1S/C24H28N4O3S/c1-16-6-8-28(9-7-16)19(22-3-2-12-32-22)15-25-24(29)18-14-26-27-23(18)17-4-5-20-21(13-17)31-11-10-30-20/h2-5,12-14,16,19H,6-11,15H2,1H3,(H,25,29)(H,26,27). The van der Waals surface area contributed by atoms with Crippen molar-refractivity contribution in [3.63, 3.8) is 0 Å². The Balaban J connectivity index is 1.31. The third kappa shape index (κ3) is 4.38. The Labute approximate surface area is 191 Å². The Bertz CT molecular complexity index is 1060. The highest BCUT2D eigenvalue weighted by Crippen LogP contribution is 2.35. The Morgan fingerprint density at radius 3 is 2.84 bits per heavy atom. The molecule has 0 aliphatic carbocycles. The van der Waals surface area contributed by atoms with Gasteiger partial charge < -0.3 is 14.8 Å². The summed E-state index contributed by atoms with van der Waals surface area (Å²) in [4.78, 5) is 16.9. The largest absolute Gasteiger partial charge is 0.486 e. The monoisotopic (exact) mass is 452 g/mol. The van der Waals surface area contributed by atoms with Crippen LogP contribution in [0.1, 0.15) is 41.0 Å². The van der Waals surface area contributed by atoms with Crippen LogP contribution in [0, 0.1) is 5.92 Å². The Morgan fingerprint density at radius 2 is 2.06 bits per heavy atom. The molecule has 2 aliphatic rings. The number of carbonyl (C=O) groups excluding carboxylic acids is 1. The van der Waals surface area contributed by atoms with Crippen molar-refractivity contribution in [2.75, 3.05) is 32.8 Å². The first-order chi connectivity index (χ1) is 15.7. The lowest BCUT2D eigenvalue weighted by Gasteiger charge is -2.36. The molecule has 0 radical (unpaired) electrons. The maximum atomic E-state index is 13.2. The fourth-order valence-corrected chi connectivity index (χ4v) is 5.25. The molecular weight excluding hydrogens is 424 g/mol. The summed E-state index contributed by atoms with van der Waals surface area (Å²) < 4.78 is 11.3. The Hall–Kier alpha value is -2.84. The minimum atomic E-state index is -0.129. The van der Waals surface area contributed by atoms with Crippen molar-refractivity contribution in [2.24, 2.45) is 5.92 Å². The van der Waals surface area contributed by atoms with Crippen LogP contribution in [0.15, 0.2) is 41.9 Å². The molecule has 0 saturated carbocycles. The Kier molecular flexibility index (Phi) is 6.14. The molecule has 5 rings (SSSR count). The fourth-order valence-electron chi connectivity index (χ4n) is 4.39. The van der Waals surface area contributed by atoms with E-state index in [1.807, 2.05) is 18.2 Å². The summed E-state index contributed by atoms with van der Waals surface area (Å²) in [6.07, 6.45) is 3.99. The zero-order valence-corrected chi connectivity index (χ0v) is 19.0. The zero-order chi connectivity index (χ0) is 21.9. The molecule has 2 aromatic heterocycles. The minimum Gasteiger partial charge on any atom is -0.486 e. The number of hydrogen-bond donors (Lipinski definition) is 2. The molecule has 168 valence electrons. The number of aromatic amines is 1. The number of nitrogens with one attached hydrogen (secondary N) is 2. The number of amides is 1. The highest BCUT2D eigenvalue weighted by atomic mass is 32.1. The Morgan fingerprint density at radius 1 is 1.25 bits per heavy atom. The molecular formula is C24H28N4O3S. The summed E-state index contributed by atoms with van der Waals surface area (Å²) in [5, 5.41) is 12.4. The predicted molar refractivity (Wildman–Crippen MR) is 124 cm³/mol. The summed E-state index contributed by atoms with van der Waals surface area (Å²) in [6.45, 7) is 6.08. The zero-order valence-electron chi connectivity index (χ0n) is 18.2. The van der Waals surface area contributed by atoms with Gasteiger partial charge in [0.1, 0.15) is 13.2 Å². The number of thiophene rings is 1. The van der Waals surface area contributed by atoms with Gasteiger partial charge >= 0.3 is 0 Å². The summed E-state index contributed by atoms with van der Waals surface area (Å²) >= 11 is 1.75. The second kappa shape index (κ2) is 9.34. The number of nitrogens with zero attached hydrogens (tertiary/aromatic N) is 2. The topological polar surface area (TPSA) is 79.5 Å². The van der Waals surface area contributed by atoms with Crippen LogP contribution in [-0.4, -0.2) is 53.9 Å². The van der Waals surface area contributed by atoms with E-state index in [1.165, 1.54) is 17.7 Å². The first-order valence-electron chi connectivity index (χ1n) is 11.2. The number of aromatic nitrogens is 2. The van der Waals surface area contributed by atoms with Gasteiger partial charge in [-0.1, -0.05) is 13.0 Å². The second-order valence-corrected chi connectivity index (χ2v) is 9.46. The van der Waals surface area contributed by atoms with Gasteiger partial charge in [-0.3, -0.25) is 14.8 Å². The number of benzene rings is 1. The molecule has 2 aliphatic heterocycles. The molecule has 8 heteroatoms. The smallest absolute Gasteiger partial charge is 0.255 e. The maximum absolute atomic E-state index is 13.2. The summed E-state index contributed by atoms with van der Waals surface area (Å²) in [6, 6.07) is 10.1. The predicted octanol–water partition coefficient (Wildman–Crippen LogP) is 4.11. The molecule has 1 amide bonds. The van der Waals surface area contributed by atoms with E-state index in [4.69, 9.17) is 9.47 Å². The number of hydrogen-bond acceptors (Lipinski definition) is 6. The van der Waals surface area contributed by atoms with Gasteiger partial charge in [0.2, 0.25) is 0 Å². The van der Waals surface area contributed by atoms with E-state index in [0.29, 0.717) is 36.8 Å². The van der Waals surface area contributed by atoms with Crippen LogP contribution in [0.3, 0.4) is 0 Å². The second-order valence-electron chi connectivity index (χ2n) is 8.48. The average molecular weight is 453 g/mol. The molecule has 32 heavy (non-hydrogen) atoms. The lowest BCUT2D eigenvalue weighted by Crippen LogP contribution is -2.41. The van der Waals surface area contributed by atoms with E-state index in [2.05, 4.69) is 44.9 Å². The molecule has 4 heterocycles. The quantitative estimate of drug-likeness (QED) is 0.588. The van der Waals surface area contributed by atoms with Crippen LogP contribution >= 0.6 is 11.3 Å². The van der Waals surface area contributed by atoms with Crippen LogP contribution in [-0.2, 0) is 0 Å². The van der Waals surface area contributed by atoms with Crippen molar-refractivity contribution in [1.82, 2.24) is 20.4 Å². The van der Waals surface area contributed by atoms with Gasteiger partial charge in [0.15, 0.2) is 11.5 Å². The normalized spacial score (nSPS) is 17.8. The lowest BCUT2D eigenvalue weighted by atomic mass is 9.97. The van der Waals surface area contributed by atoms with E-state index in [1.54, 1.807) is 17.5 Å². The van der Waals surface area contributed by atoms with Gasteiger partial charge in [-0.25, -0.2) is 0 Å². The van der Waals surface area contributed by atoms with E-state index >= 15 is 0 Å². The lowest BCUT2D eigenvalue weighted by molar-refractivity contribution is 0.0915. The van der Waals surface area contributed by atoms with Crippen LogP contribution < -0.4 is 14.8 Å². The average Bonchev–Trinajstić information content (AvgIpc) is 3.52. The molecule has 0 bridgehead atoms. The third-order valence-corrected chi connectivity index (χ3v) is 7.27.